The smallest absolute Gasteiger partial charge is 0.314 e. The van der Waals surface area contributed by atoms with Crippen molar-refractivity contribution in [3.63, 3.8) is 0 Å². The van der Waals surface area contributed by atoms with E-state index in [1.165, 1.54) is 31.3 Å². The maximum atomic E-state index is 12.1. The first-order valence-electron chi connectivity index (χ1n) is 5.65. The van der Waals surface area contributed by atoms with E-state index in [0.717, 1.165) is 11.2 Å². The van der Waals surface area contributed by atoms with Crippen LogP contribution in [0.1, 0.15) is 12.8 Å². The number of anilines is 1. The Balaban J connectivity index is 2.99. The zero-order chi connectivity index (χ0) is 15.6. The van der Waals surface area contributed by atoms with E-state index >= 15 is 0 Å². The van der Waals surface area contributed by atoms with Crippen LogP contribution in [0.5, 0.6) is 0 Å². The minimum atomic E-state index is -4.42. The first-order chi connectivity index (χ1) is 9.02. The van der Waals surface area contributed by atoms with Gasteiger partial charge in [-0.15, -0.1) is 0 Å². The lowest BCUT2D eigenvalue weighted by Crippen LogP contribution is -2.28. The molecule has 0 atom stereocenters. The van der Waals surface area contributed by atoms with E-state index in [-0.39, 0.29) is 10.6 Å². The molecular weight excluding hydrogens is 295 g/mol. The summed E-state index contributed by atoms with van der Waals surface area (Å²) in [6.45, 7) is 0. The van der Waals surface area contributed by atoms with Crippen LogP contribution in [0.2, 0.25) is 0 Å². The fourth-order valence-corrected chi connectivity index (χ4v) is 2.51. The molecule has 8 heteroatoms. The van der Waals surface area contributed by atoms with Gasteiger partial charge in [-0.25, -0.2) is 8.42 Å². The van der Waals surface area contributed by atoms with Gasteiger partial charge in [0.1, 0.15) is 0 Å². The SMILES string of the molecule is CN(C(=O)CCC(F)(F)F)c1ccccc1S(C)(=O)=O. The van der Waals surface area contributed by atoms with Crippen molar-refractivity contribution in [2.75, 3.05) is 18.2 Å². The Morgan fingerprint density at radius 3 is 2.30 bits per heavy atom. The summed E-state index contributed by atoms with van der Waals surface area (Å²) in [7, 11) is -2.32. The Kier molecular flexibility index (Phi) is 4.80. The van der Waals surface area contributed by atoms with Crippen molar-refractivity contribution in [3.05, 3.63) is 24.3 Å². The molecule has 20 heavy (non-hydrogen) atoms. The molecule has 0 spiro atoms. The molecule has 0 radical (unpaired) electrons. The number of rotatable bonds is 4. The number of benzene rings is 1. The Bertz CT molecular complexity index is 596. The molecule has 0 saturated heterocycles. The average Bonchev–Trinajstić information content (AvgIpc) is 2.33. The van der Waals surface area contributed by atoms with Crippen LogP contribution >= 0.6 is 0 Å². The lowest BCUT2D eigenvalue weighted by Gasteiger charge is -2.20. The number of alkyl halides is 3. The monoisotopic (exact) mass is 309 g/mol. The molecule has 0 aliphatic heterocycles. The van der Waals surface area contributed by atoms with Gasteiger partial charge in [-0.1, -0.05) is 12.1 Å². The van der Waals surface area contributed by atoms with E-state index in [9.17, 15) is 26.4 Å². The highest BCUT2D eigenvalue weighted by Crippen LogP contribution is 2.26. The fourth-order valence-electron chi connectivity index (χ4n) is 1.60. The van der Waals surface area contributed by atoms with E-state index < -0.39 is 34.8 Å². The number of carbonyl (C=O) groups excluding carboxylic acids is 1. The molecule has 0 N–H and O–H groups in total. The summed E-state index contributed by atoms with van der Waals surface area (Å²) in [5.74, 6) is -0.793. The van der Waals surface area contributed by atoms with Gasteiger partial charge in [-0.05, 0) is 12.1 Å². The molecule has 0 aromatic heterocycles. The number of carbonyl (C=O) groups is 1. The summed E-state index contributed by atoms with van der Waals surface area (Å²) in [5, 5.41) is 0. The number of amides is 1. The van der Waals surface area contributed by atoms with Crippen molar-refractivity contribution < 1.29 is 26.4 Å². The molecule has 0 aliphatic rings. The molecule has 1 amide bonds. The van der Waals surface area contributed by atoms with E-state index in [4.69, 9.17) is 0 Å². The minimum Gasteiger partial charge on any atom is -0.314 e. The normalized spacial score (nSPS) is 12.2. The quantitative estimate of drug-likeness (QED) is 0.858. The van der Waals surface area contributed by atoms with Gasteiger partial charge < -0.3 is 4.90 Å². The van der Waals surface area contributed by atoms with Crippen molar-refractivity contribution in [3.8, 4) is 0 Å². The highest BCUT2D eigenvalue weighted by Gasteiger charge is 2.29. The maximum Gasteiger partial charge on any atom is 0.389 e. The number of hydrogen-bond acceptors (Lipinski definition) is 3. The third kappa shape index (κ3) is 4.52. The molecular formula is C12H14F3NO3S. The highest BCUT2D eigenvalue weighted by molar-refractivity contribution is 7.90. The van der Waals surface area contributed by atoms with Gasteiger partial charge >= 0.3 is 6.18 Å². The number of hydrogen-bond donors (Lipinski definition) is 0. The third-order valence-electron chi connectivity index (χ3n) is 2.62. The van der Waals surface area contributed by atoms with Crippen LogP contribution in [-0.4, -0.2) is 33.8 Å². The molecule has 0 bridgehead atoms. The van der Waals surface area contributed by atoms with Gasteiger partial charge in [0.25, 0.3) is 0 Å². The number of para-hydroxylation sites is 1. The second-order valence-corrected chi connectivity index (χ2v) is 6.29. The summed E-state index contributed by atoms with van der Waals surface area (Å²) in [5.41, 5.74) is 0.0715. The van der Waals surface area contributed by atoms with Crippen LogP contribution in [-0.2, 0) is 14.6 Å². The molecule has 0 heterocycles. The van der Waals surface area contributed by atoms with Gasteiger partial charge in [0, 0.05) is 19.7 Å². The van der Waals surface area contributed by atoms with Crippen LogP contribution in [0.15, 0.2) is 29.2 Å². The molecule has 0 unspecified atom stereocenters. The summed E-state index contributed by atoms with van der Waals surface area (Å²) in [6.07, 6.45) is -5.41. The second kappa shape index (κ2) is 5.82. The molecule has 0 aliphatic carbocycles. The van der Waals surface area contributed by atoms with Crippen LogP contribution in [0.25, 0.3) is 0 Å². The molecule has 0 fully saturated rings. The van der Waals surface area contributed by atoms with Crippen LogP contribution < -0.4 is 4.90 Å². The van der Waals surface area contributed by atoms with Crippen molar-refractivity contribution in [1.82, 2.24) is 0 Å². The molecule has 112 valence electrons. The van der Waals surface area contributed by atoms with Crippen molar-refractivity contribution in [2.45, 2.75) is 23.9 Å². The van der Waals surface area contributed by atoms with Gasteiger partial charge in [-0.2, -0.15) is 13.2 Å². The van der Waals surface area contributed by atoms with Gasteiger partial charge in [0.2, 0.25) is 5.91 Å². The Morgan fingerprint density at radius 2 is 1.80 bits per heavy atom. The third-order valence-corrected chi connectivity index (χ3v) is 3.77. The predicted octanol–water partition coefficient (Wildman–Crippen LogP) is 2.40. The van der Waals surface area contributed by atoms with E-state index in [0.29, 0.717) is 0 Å². The summed E-state index contributed by atoms with van der Waals surface area (Å²) < 4.78 is 59.4. The fraction of sp³-hybridized carbons (Fsp3) is 0.417. The van der Waals surface area contributed by atoms with Crippen molar-refractivity contribution >= 4 is 21.4 Å². The number of sulfone groups is 1. The number of halogens is 3. The van der Waals surface area contributed by atoms with Crippen LogP contribution in [0.3, 0.4) is 0 Å². The standard InChI is InChI=1S/C12H14F3NO3S/c1-16(11(17)7-8-12(13,14)15)9-5-3-4-6-10(9)20(2,18)19/h3-6H,7-8H2,1-2H3. The Labute approximate surface area is 115 Å². The first kappa shape index (κ1) is 16.5. The zero-order valence-electron chi connectivity index (χ0n) is 10.9. The van der Waals surface area contributed by atoms with Gasteiger partial charge in [0.05, 0.1) is 17.0 Å². The molecule has 1 aromatic carbocycles. The maximum absolute atomic E-state index is 12.1. The van der Waals surface area contributed by atoms with Crippen LogP contribution in [0, 0.1) is 0 Å². The first-order valence-corrected chi connectivity index (χ1v) is 7.54. The Morgan fingerprint density at radius 1 is 1.25 bits per heavy atom. The molecule has 0 saturated carbocycles. The zero-order valence-corrected chi connectivity index (χ0v) is 11.8. The largest absolute Gasteiger partial charge is 0.389 e. The van der Waals surface area contributed by atoms with Gasteiger partial charge in [-0.3, -0.25) is 4.79 Å². The summed E-state index contributed by atoms with van der Waals surface area (Å²) in [4.78, 5) is 12.5. The van der Waals surface area contributed by atoms with Crippen molar-refractivity contribution in [2.24, 2.45) is 0 Å². The van der Waals surface area contributed by atoms with E-state index in [1.807, 2.05) is 0 Å². The van der Waals surface area contributed by atoms with Gasteiger partial charge in [0.15, 0.2) is 9.84 Å². The average molecular weight is 309 g/mol. The predicted molar refractivity (Wildman–Crippen MR) is 68.3 cm³/mol. The summed E-state index contributed by atoms with van der Waals surface area (Å²) >= 11 is 0. The van der Waals surface area contributed by atoms with Crippen LogP contribution in [0.4, 0.5) is 18.9 Å². The summed E-state index contributed by atoms with van der Waals surface area (Å²) in [6, 6.07) is 5.67. The molecule has 1 aromatic rings. The molecule has 1 rings (SSSR count). The topological polar surface area (TPSA) is 54.5 Å². The second-order valence-electron chi connectivity index (χ2n) is 4.31. The lowest BCUT2D eigenvalue weighted by atomic mass is 10.2. The molecule has 4 nitrogen and oxygen atoms in total. The Hall–Kier alpha value is -1.57. The van der Waals surface area contributed by atoms with Crippen molar-refractivity contribution in [1.29, 1.82) is 0 Å². The van der Waals surface area contributed by atoms with E-state index in [2.05, 4.69) is 0 Å². The van der Waals surface area contributed by atoms with E-state index in [1.54, 1.807) is 0 Å². The number of nitrogens with zero attached hydrogens (tertiary/aromatic N) is 1. The minimum absolute atomic E-state index is 0.0715. The highest BCUT2D eigenvalue weighted by atomic mass is 32.2. The lowest BCUT2D eigenvalue weighted by molar-refractivity contribution is -0.142.